The molecule has 2 saturated heterocycles. The Morgan fingerprint density at radius 1 is 0.778 bits per heavy atom. The smallest absolute Gasteiger partial charge is 0.0949 e. The lowest BCUT2D eigenvalue weighted by Gasteiger charge is -2.26. The Bertz CT molecular complexity index is 331. The third-order valence-corrected chi connectivity index (χ3v) is 3.54. The van der Waals surface area contributed by atoms with Crippen molar-refractivity contribution in [2.24, 2.45) is 0 Å². The van der Waals surface area contributed by atoms with E-state index in [1.54, 1.807) is 0 Å². The van der Waals surface area contributed by atoms with E-state index in [1.807, 2.05) is 0 Å². The molecule has 2 aliphatic heterocycles. The maximum atomic E-state index is 5.74. The van der Waals surface area contributed by atoms with Gasteiger partial charge in [-0.3, -0.25) is 0 Å². The van der Waals surface area contributed by atoms with Crippen LogP contribution in [0.3, 0.4) is 0 Å². The molecule has 0 bridgehead atoms. The van der Waals surface area contributed by atoms with Gasteiger partial charge in [0.05, 0.1) is 25.4 Å². The summed E-state index contributed by atoms with van der Waals surface area (Å²) in [5.41, 5.74) is 2.49. The number of morpholine rings is 2. The Morgan fingerprint density at radius 2 is 1.22 bits per heavy atom. The quantitative estimate of drug-likeness (QED) is 0.819. The Balaban J connectivity index is 1.67. The molecule has 0 aromatic heterocycles. The minimum Gasteiger partial charge on any atom is -0.371 e. The molecular weight excluding hydrogens is 228 g/mol. The lowest BCUT2D eigenvalue weighted by atomic mass is 10.0. The molecule has 4 heteroatoms. The fourth-order valence-corrected chi connectivity index (χ4v) is 2.48. The Kier molecular flexibility index (Phi) is 3.90. The second-order valence-corrected chi connectivity index (χ2v) is 4.79. The molecule has 0 radical (unpaired) electrons. The molecule has 2 atom stereocenters. The molecule has 2 aliphatic rings. The number of nitrogens with one attached hydrogen (secondary N) is 2. The summed E-state index contributed by atoms with van der Waals surface area (Å²) in [5, 5.41) is 6.70. The van der Waals surface area contributed by atoms with Crippen molar-refractivity contribution in [3.63, 3.8) is 0 Å². The van der Waals surface area contributed by atoms with Crippen LogP contribution in [-0.4, -0.2) is 39.4 Å². The van der Waals surface area contributed by atoms with E-state index < -0.39 is 0 Å². The molecule has 0 aliphatic carbocycles. The van der Waals surface area contributed by atoms with E-state index in [2.05, 4.69) is 34.9 Å². The zero-order chi connectivity index (χ0) is 12.2. The summed E-state index contributed by atoms with van der Waals surface area (Å²) < 4.78 is 11.5. The Morgan fingerprint density at radius 3 is 1.56 bits per heavy atom. The molecule has 4 nitrogen and oxygen atoms in total. The van der Waals surface area contributed by atoms with Gasteiger partial charge in [-0.1, -0.05) is 24.3 Å². The first kappa shape index (κ1) is 12.1. The second kappa shape index (κ2) is 5.80. The summed E-state index contributed by atoms with van der Waals surface area (Å²) in [6, 6.07) is 8.63. The number of hydrogen-bond donors (Lipinski definition) is 2. The van der Waals surface area contributed by atoms with E-state index in [0.29, 0.717) is 0 Å². The summed E-state index contributed by atoms with van der Waals surface area (Å²) in [7, 11) is 0. The molecule has 1 aromatic carbocycles. The summed E-state index contributed by atoms with van der Waals surface area (Å²) in [6.45, 7) is 5.30. The third kappa shape index (κ3) is 2.72. The van der Waals surface area contributed by atoms with Gasteiger partial charge in [-0.15, -0.1) is 0 Å². The molecule has 1 aromatic rings. The van der Waals surface area contributed by atoms with Crippen LogP contribution in [-0.2, 0) is 9.47 Å². The van der Waals surface area contributed by atoms with Gasteiger partial charge in [0.2, 0.25) is 0 Å². The first-order valence-electron chi connectivity index (χ1n) is 6.68. The highest BCUT2D eigenvalue weighted by Gasteiger charge is 2.18. The van der Waals surface area contributed by atoms with Crippen LogP contribution in [0.1, 0.15) is 23.3 Å². The van der Waals surface area contributed by atoms with Gasteiger partial charge >= 0.3 is 0 Å². The van der Waals surface area contributed by atoms with Crippen LogP contribution in [0.15, 0.2) is 24.3 Å². The molecule has 98 valence electrons. The van der Waals surface area contributed by atoms with Gasteiger partial charge in [-0.2, -0.15) is 0 Å². The van der Waals surface area contributed by atoms with Crippen LogP contribution in [0.2, 0.25) is 0 Å². The molecule has 2 unspecified atom stereocenters. The standard InChI is InChI=1S/C14H20N2O2/c1-2-12(14-10-16-6-8-18-14)4-3-11(1)13-9-15-5-7-17-13/h1-4,13-16H,5-10H2. The zero-order valence-electron chi connectivity index (χ0n) is 10.5. The number of ether oxygens (including phenoxy) is 2. The van der Waals surface area contributed by atoms with Crippen molar-refractivity contribution >= 4 is 0 Å². The van der Waals surface area contributed by atoms with E-state index in [4.69, 9.17) is 9.47 Å². The Hall–Kier alpha value is -0.940. The molecule has 0 saturated carbocycles. The minimum atomic E-state index is 0.193. The lowest BCUT2D eigenvalue weighted by Crippen LogP contribution is -2.34. The predicted octanol–water partition coefficient (Wildman–Crippen LogP) is 1.01. The summed E-state index contributed by atoms with van der Waals surface area (Å²) >= 11 is 0. The number of benzene rings is 1. The second-order valence-electron chi connectivity index (χ2n) is 4.79. The van der Waals surface area contributed by atoms with Crippen LogP contribution < -0.4 is 10.6 Å². The van der Waals surface area contributed by atoms with Gasteiger partial charge in [0, 0.05) is 26.2 Å². The van der Waals surface area contributed by atoms with Gasteiger partial charge < -0.3 is 20.1 Å². The normalized spacial score (nSPS) is 29.1. The first-order valence-corrected chi connectivity index (χ1v) is 6.68. The molecule has 2 N–H and O–H groups in total. The van der Waals surface area contributed by atoms with Crippen molar-refractivity contribution in [2.75, 3.05) is 39.4 Å². The van der Waals surface area contributed by atoms with Crippen molar-refractivity contribution in [2.45, 2.75) is 12.2 Å². The van der Waals surface area contributed by atoms with Gasteiger partial charge in [0.15, 0.2) is 0 Å². The molecule has 0 amide bonds. The van der Waals surface area contributed by atoms with Gasteiger partial charge in [0.25, 0.3) is 0 Å². The fourth-order valence-electron chi connectivity index (χ4n) is 2.48. The highest BCUT2D eigenvalue weighted by Crippen LogP contribution is 2.23. The van der Waals surface area contributed by atoms with Crippen LogP contribution >= 0.6 is 0 Å². The third-order valence-electron chi connectivity index (χ3n) is 3.54. The maximum absolute atomic E-state index is 5.74. The van der Waals surface area contributed by atoms with Crippen molar-refractivity contribution in [3.8, 4) is 0 Å². The van der Waals surface area contributed by atoms with Crippen LogP contribution in [0.25, 0.3) is 0 Å². The summed E-state index contributed by atoms with van der Waals surface area (Å²) in [5.74, 6) is 0. The highest BCUT2D eigenvalue weighted by atomic mass is 16.5. The van der Waals surface area contributed by atoms with Crippen LogP contribution in [0.4, 0.5) is 0 Å². The van der Waals surface area contributed by atoms with Crippen LogP contribution in [0, 0.1) is 0 Å². The van der Waals surface area contributed by atoms with Crippen molar-refractivity contribution < 1.29 is 9.47 Å². The zero-order valence-corrected chi connectivity index (χ0v) is 10.5. The van der Waals surface area contributed by atoms with Gasteiger partial charge in [0.1, 0.15) is 0 Å². The average molecular weight is 248 g/mol. The van der Waals surface area contributed by atoms with E-state index >= 15 is 0 Å². The first-order chi connectivity index (χ1) is 8.93. The van der Waals surface area contributed by atoms with E-state index in [-0.39, 0.29) is 12.2 Å². The van der Waals surface area contributed by atoms with Gasteiger partial charge in [-0.25, -0.2) is 0 Å². The lowest BCUT2D eigenvalue weighted by molar-refractivity contribution is 0.0255. The van der Waals surface area contributed by atoms with E-state index in [0.717, 1.165) is 39.4 Å². The fraction of sp³-hybridized carbons (Fsp3) is 0.571. The van der Waals surface area contributed by atoms with Gasteiger partial charge in [-0.05, 0) is 11.1 Å². The van der Waals surface area contributed by atoms with E-state index in [9.17, 15) is 0 Å². The SMILES string of the molecule is c1cc(C2CNCCO2)ccc1C1CNCCO1. The molecular formula is C14H20N2O2. The minimum absolute atomic E-state index is 0.193. The largest absolute Gasteiger partial charge is 0.371 e. The monoisotopic (exact) mass is 248 g/mol. The van der Waals surface area contributed by atoms with Crippen LogP contribution in [0.5, 0.6) is 0 Å². The maximum Gasteiger partial charge on any atom is 0.0949 e. The molecule has 0 spiro atoms. The highest BCUT2D eigenvalue weighted by molar-refractivity contribution is 5.26. The molecule has 18 heavy (non-hydrogen) atoms. The number of rotatable bonds is 2. The topological polar surface area (TPSA) is 42.5 Å². The molecule has 2 heterocycles. The van der Waals surface area contributed by atoms with Crippen molar-refractivity contribution in [1.29, 1.82) is 0 Å². The molecule has 3 rings (SSSR count). The Labute approximate surface area is 108 Å². The predicted molar refractivity (Wildman–Crippen MR) is 69.6 cm³/mol. The summed E-state index contributed by atoms with van der Waals surface area (Å²) in [6.07, 6.45) is 0.386. The van der Waals surface area contributed by atoms with Crippen molar-refractivity contribution in [1.82, 2.24) is 10.6 Å². The van der Waals surface area contributed by atoms with E-state index in [1.165, 1.54) is 11.1 Å². The van der Waals surface area contributed by atoms with Crippen molar-refractivity contribution in [3.05, 3.63) is 35.4 Å². The number of hydrogen-bond acceptors (Lipinski definition) is 4. The molecule has 2 fully saturated rings. The average Bonchev–Trinajstić information content (AvgIpc) is 2.49. The summed E-state index contributed by atoms with van der Waals surface area (Å²) in [4.78, 5) is 0.